The second-order valence-electron chi connectivity index (χ2n) is 7.10. The molecule has 0 unspecified atom stereocenters. The Balaban J connectivity index is 1.87. The van der Waals surface area contributed by atoms with Crippen LogP contribution in [0.15, 0.2) is 24.3 Å². The Morgan fingerprint density at radius 2 is 1.84 bits per heavy atom. The number of carbonyl (C=O) groups excluding carboxylic acids is 1. The van der Waals surface area contributed by atoms with Crippen molar-refractivity contribution in [2.75, 3.05) is 12.4 Å². The van der Waals surface area contributed by atoms with E-state index in [9.17, 15) is 4.79 Å². The van der Waals surface area contributed by atoms with Crippen molar-refractivity contribution in [1.82, 2.24) is 4.57 Å². The maximum atomic E-state index is 12.9. The van der Waals surface area contributed by atoms with Gasteiger partial charge in [-0.15, -0.1) is 0 Å². The first-order valence-electron chi connectivity index (χ1n) is 9.15. The average molecular weight is 340 g/mol. The number of methoxy groups -OCH3 is 1. The first kappa shape index (κ1) is 17.6. The summed E-state index contributed by atoms with van der Waals surface area (Å²) in [5.41, 5.74) is 4.80. The molecule has 1 saturated carbocycles. The fraction of sp³-hybridized carbons (Fsp3) is 0.476. The molecule has 0 aliphatic heterocycles. The Labute approximate surface area is 150 Å². The van der Waals surface area contributed by atoms with Crippen molar-refractivity contribution in [1.29, 1.82) is 0 Å². The summed E-state index contributed by atoms with van der Waals surface area (Å²) in [4.78, 5) is 12.9. The van der Waals surface area contributed by atoms with Crippen LogP contribution >= 0.6 is 0 Å². The van der Waals surface area contributed by atoms with Gasteiger partial charge in [-0.05, 0) is 57.4 Å². The van der Waals surface area contributed by atoms with Gasteiger partial charge in [0.05, 0.1) is 18.4 Å². The second-order valence-corrected chi connectivity index (χ2v) is 7.10. The third kappa shape index (κ3) is 3.58. The first-order chi connectivity index (χ1) is 12.0. The summed E-state index contributed by atoms with van der Waals surface area (Å²) in [5.74, 6) is 0.610. The van der Waals surface area contributed by atoms with Crippen molar-refractivity contribution in [3.8, 4) is 5.75 Å². The van der Waals surface area contributed by atoms with E-state index in [1.165, 1.54) is 37.8 Å². The second kappa shape index (κ2) is 7.34. The molecule has 1 heterocycles. The van der Waals surface area contributed by atoms with Gasteiger partial charge in [0.25, 0.3) is 5.91 Å². The van der Waals surface area contributed by atoms with Gasteiger partial charge in [0, 0.05) is 17.4 Å². The lowest BCUT2D eigenvalue weighted by Crippen LogP contribution is -2.17. The van der Waals surface area contributed by atoms with E-state index in [0.29, 0.717) is 11.8 Å². The largest absolute Gasteiger partial charge is 0.495 e. The number of benzene rings is 1. The summed E-state index contributed by atoms with van der Waals surface area (Å²) in [5, 5.41) is 3.03. The quantitative estimate of drug-likeness (QED) is 0.833. The van der Waals surface area contributed by atoms with Crippen LogP contribution in [0, 0.1) is 20.8 Å². The lowest BCUT2D eigenvalue weighted by Gasteiger charge is -2.26. The molecule has 1 aromatic heterocycles. The molecule has 1 aliphatic carbocycles. The van der Waals surface area contributed by atoms with Crippen LogP contribution in [0.5, 0.6) is 5.75 Å². The Hall–Kier alpha value is -2.23. The molecule has 0 radical (unpaired) electrons. The monoisotopic (exact) mass is 340 g/mol. The maximum Gasteiger partial charge on any atom is 0.257 e. The Bertz CT molecular complexity index is 770. The van der Waals surface area contributed by atoms with Gasteiger partial charge in [-0.3, -0.25) is 4.79 Å². The van der Waals surface area contributed by atoms with Gasteiger partial charge < -0.3 is 14.6 Å². The number of nitrogens with zero attached hydrogens (tertiary/aromatic N) is 1. The van der Waals surface area contributed by atoms with Crippen molar-refractivity contribution in [3.05, 3.63) is 46.8 Å². The van der Waals surface area contributed by atoms with Gasteiger partial charge in [0.15, 0.2) is 0 Å². The van der Waals surface area contributed by atoms with E-state index in [1.807, 2.05) is 31.2 Å². The highest BCUT2D eigenvalue weighted by molar-refractivity contribution is 6.06. The number of nitrogens with one attached hydrogen (secondary N) is 1. The van der Waals surface area contributed by atoms with Crippen molar-refractivity contribution < 1.29 is 9.53 Å². The van der Waals surface area contributed by atoms with E-state index in [-0.39, 0.29) is 5.91 Å². The van der Waals surface area contributed by atoms with Crippen molar-refractivity contribution in [2.24, 2.45) is 0 Å². The summed E-state index contributed by atoms with van der Waals surface area (Å²) in [6.45, 7) is 6.17. The van der Waals surface area contributed by atoms with Gasteiger partial charge in [0.2, 0.25) is 0 Å². The summed E-state index contributed by atoms with van der Waals surface area (Å²) in [6, 6.07) is 8.35. The van der Waals surface area contributed by atoms with Crippen LogP contribution in [0.3, 0.4) is 0 Å². The fourth-order valence-corrected chi connectivity index (χ4v) is 4.02. The Kier molecular flexibility index (Phi) is 5.16. The molecule has 4 heteroatoms. The van der Waals surface area contributed by atoms with Crippen LogP contribution in [-0.2, 0) is 0 Å². The van der Waals surface area contributed by atoms with E-state index in [2.05, 4.69) is 23.7 Å². The lowest BCUT2D eigenvalue weighted by molar-refractivity contribution is 0.102. The summed E-state index contributed by atoms with van der Waals surface area (Å²) in [6.07, 6.45) is 6.32. The predicted molar refractivity (Wildman–Crippen MR) is 102 cm³/mol. The molecule has 1 amide bonds. The van der Waals surface area contributed by atoms with Crippen LogP contribution in [0.25, 0.3) is 0 Å². The number of aromatic nitrogens is 1. The average Bonchev–Trinajstić information content (AvgIpc) is 2.90. The van der Waals surface area contributed by atoms with Crippen LogP contribution in [0.2, 0.25) is 0 Å². The Morgan fingerprint density at radius 3 is 2.52 bits per heavy atom. The molecule has 0 atom stereocenters. The minimum atomic E-state index is -0.0703. The summed E-state index contributed by atoms with van der Waals surface area (Å²) < 4.78 is 7.73. The number of aryl methyl sites for hydroxylation is 2. The van der Waals surface area contributed by atoms with Gasteiger partial charge in [-0.2, -0.15) is 0 Å². The van der Waals surface area contributed by atoms with E-state index < -0.39 is 0 Å². The number of hydrogen-bond donors (Lipinski definition) is 1. The molecule has 1 fully saturated rings. The van der Waals surface area contributed by atoms with Crippen molar-refractivity contribution in [2.45, 2.75) is 58.9 Å². The number of carbonyl (C=O) groups is 1. The van der Waals surface area contributed by atoms with Crippen LogP contribution < -0.4 is 10.1 Å². The fourth-order valence-electron chi connectivity index (χ4n) is 4.02. The van der Waals surface area contributed by atoms with E-state index >= 15 is 0 Å². The molecule has 1 aliphatic rings. The summed E-state index contributed by atoms with van der Waals surface area (Å²) in [7, 11) is 1.62. The van der Waals surface area contributed by atoms with Crippen LogP contribution in [0.1, 0.15) is 65.5 Å². The van der Waals surface area contributed by atoms with Gasteiger partial charge >= 0.3 is 0 Å². The highest BCUT2D eigenvalue weighted by Gasteiger charge is 2.23. The highest BCUT2D eigenvalue weighted by Crippen LogP contribution is 2.33. The molecular weight excluding hydrogens is 312 g/mol. The highest BCUT2D eigenvalue weighted by atomic mass is 16.5. The van der Waals surface area contributed by atoms with Gasteiger partial charge in [-0.1, -0.05) is 25.3 Å². The predicted octanol–water partition coefficient (Wildman–Crippen LogP) is 5.18. The molecule has 0 bridgehead atoms. The molecule has 4 nitrogen and oxygen atoms in total. The SMILES string of the molecule is COc1ccc(C)cc1NC(=O)c1cc(C)n(C2CCCCC2)c1C. The number of anilines is 1. The third-order valence-corrected chi connectivity index (χ3v) is 5.27. The molecule has 1 aromatic carbocycles. The number of rotatable bonds is 4. The van der Waals surface area contributed by atoms with Crippen molar-refractivity contribution >= 4 is 11.6 Å². The molecule has 3 rings (SSSR count). The normalized spacial score (nSPS) is 15.2. The number of ether oxygens (including phenoxy) is 1. The van der Waals surface area contributed by atoms with Crippen LogP contribution in [0.4, 0.5) is 5.69 Å². The van der Waals surface area contributed by atoms with Gasteiger partial charge in [-0.25, -0.2) is 0 Å². The molecule has 1 N–H and O–H groups in total. The zero-order valence-electron chi connectivity index (χ0n) is 15.7. The topological polar surface area (TPSA) is 43.3 Å². The Morgan fingerprint density at radius 1 is 1.12 bits per heavy atom. The third-order valence-electron chi connectivity index (χ3n) is 5.27. The van der Waals surface area contributed by atoms with E-state index in [0.717, 1.165) is 22.5 Å². The standard InChI is InChI=1S/C21H28N2O2/c1-14-10-11-20(25-4)19(12-14)22-21(24)18-13-15(2)23(16(18)3)17-8-6-5-7-9-17/h10-13,17H,5-9H2,1-4H3,(H,22,24). The minimum absolute atomic E-state index is 0.0703. The smallest absolute Gasteiger partial charge is 0.257 e. The number of amides is 1. The molecule has 0 saturated heterocycles. The van der Waals surface area contributed by atoms with E-state index in [4.69, 9.17) is 4.74 Å². The van der Waals surface area contributed by atoms with Crippen LogP contribution in [-0.4, -0.2) is 17.6 Å². The molecule has 25 heavy (non-hydrogen) atoms. The zero-order valence-corrected chi connectivity index (χ0v) is 15.7. The number of hydrogen-bond acceptors (Lipinski definition) is 2. The van der Waals surface area contributed by atoms with Gasteiger partial charge in [0.1, 0.15) is 5.75 Å². The zero-order chi connectivity index (χ0) is 18.0. The van der Waals surface area contributed by atoms with Crippen molar-refractivity contribution in [3.63, 3.8) is 0 Å². The molecule has 0 spiro atoms. The lowest BCUT2D eigenvalue weighted by atomic mass is 9.95. The molecule has 134 valence electrons. The molecular formula is C21H28N2O2. The first-order valence-corrected chi connectivity index (χ1v) is 9.15. The maximum absolute atomic E-state index is 12.9. The summed E-state index contributed by atoms with van der Waals surface area (Å²) >= 11 is 0. The van der Waals surface area contributed by atoms with E-state index in [1.54, 1.807) is 7.11 Å². The minimum Gasteiger partial charge on any atom is -0.495 e. The molecule has 2 aromatic rings.